The van der Waals surface area contributed by atoms with Gasteiger partial charge < -0.3 is 5.11 Å². The summed E-state index contributed by atoms with van der Waals surface area (Å²) in [5, 5.41) is 13.8. The summed E-state index contributed by atoms with van der Waals surface area (Å²) < 4.78 is 1.85. The molecule has 16 heavy (non-hydrogen) atoms. The minimum atomic E-state index is 0.00816. The fourth-order valence-electron chi connectivity index (χ4n) is 1.57. The molecule has 0 saturated carbocycles. The van der Waals surface area contributed by atoms with Crippen molar-refractivity contribution in [2.24, 2.45) is 0 Å². The van der Waals surface area contributed by atoms with Gasteiger partial charge in [-0.1, -0.05) is 23.7 Å². The fourth-order valence-corrected chi connectivity index (χ4v) is 1.88. The molecule has 1 heterocycles. The SMILES string of the molecule is CCn1cc(-c2ccc(CO)cc2Cl)cn1. The van der Waals surface area contributed by atoms with E-state index in [1.54, 1.807) is 12.3 Å². The molecule has 1 aromatic heterocycles. The van der Waals surface area contributed by atoms with E-state index >= 15 is 0 Å². The Morgan fingerprint density at radius 3 is 2.81 bits per heavy atom. The van der Waals surface area contributed by atoms with E-state index in [-0.39, 0.29) is 6.61 Å². The third-order valence-corrected chi connectivity index (χ3v) is 2.80. The second-order valence-electron chi connectivity index (χ2n) is 3.56. The van der Waals surface area contributed by atoms with Crippen LogP contribution in [0.5, 0.6) is 0 Å². The van der Waals surface area contributed by atoms with Gasteiger partial charge in [0.05, 0.1) is 12.8 Å². The molecule has 2 rings (SSSR count). The van der Waals surface area contributed by atoms with Crippen molar-refractivity contribution in [1.29, 1.82) is 0 Å². The molecular formula is C12H13ClN2O. The molecule has 0 aliphatic rings. The van der Waals surface area contributed by atoms with Crippen LogP contribution < -0.4 is 0 Å². The normalized spacial score (nSPS) is 10.7. The molecule has 0 spiro atoms. The van der Waals surface area contributed by atoms with Crippen LogP contribution in [0.4, 0.5) is 0 Å². The van der Waals surface area contributed by atoms with E-state index in [0.29, 0.717) is 5.02 Å². The first-order chi connectivity index (χ1) is 7.74. The summed E-state index contributed by atoms with van der Waals surface area (Å²) in [5.74, 6) is 0. The number of benzene rings is 1. The zero-order chi connectivity index (χ0) is 11.5. The Balaban J connectivity index is 2.40. The summed E-state index contributed by atoms with van der Waals surface area (Å²) in [5.41, 5.74) is 2.76. The number of aromatic nitrogens is 2. The Morgan fingerprint density at radius 2 is 2.25 bits per heavy atom. The van der Waals surface area contributed by atoms with Gasteiger partial charge in [-0.05, 0) is 18.6 Å². The van der Waals surface area contributed by atoms with Crippen molar-refractivity contribution in [3.63, 3.8) is 0 Å². The van der Waals surface area contributed by atoms with Crippen LogP contribution in [0.2, 0.25) is 5.02 Å². The molecule has 0 fully saturated rings. The van der Waals surface area contributed by atoms with Crippen LogP contribution in [-0.2, 0) is 13.2 Å². The number of nitrogens with zero attached hydrogens (tertiary/aromatic N) is 2. The van der Waals surface area contributed by atoms with E-state index in [4.69, 9.17) is 16.7 Å². The molecule has 0 aliphatic heterocycles. The molecule has 3 nitrogen and oxygen atoms in total. The average molecular weight is 237 g/mol. The van der Waals surface area contributed by atoms with Gasteiger partial charge in [0, 0.05) is 28.9 Å². The van der Waals surface area contributed by atoms with E-state index in [1.165, 1.54) is 0 Å². The largest absolute Gasteiger partial charge is 0.392 e. The quantitative estimate of drug-likeness (QED) is 0.890. The van der Waals surface area contributed by atoms with Gasteiger partial charge in [-0.25, -0.2) is 0 Å². The summed E-state index contributed by atoms with van der Waals surface area (Å²) in [7, 11) is 0. The molecule has 0 atom stereocenters. The van der Waals surface area contributed by atoms with Crippen molar-refractivity contribution in [3.8, 4) is 11.1 Å². The van der Waals surface area contributed by atoms with Gasteiger partial charge in [-0.2, -0.15) is 5.10 Å². The van der Waals surface area contributed by atoms with Crippen LogP contribution in [-0.4, -0.2) is 14.9 Å². The topological polar surface area (TPSA) is 38.0 Å². The highest BCUT2D eigenvalue weighted by Gasteiger charge is 2.06. The van der Waals surface area contributed by atoms with Crippen LogP contribution in [0, 0.1) is 0 Å². The van der Waals surface area contributed by atoms with Gasteiger partial charge in [0.25, 0.3) is 0 Å². The number of halogens is 1. The lowest BCUT2D eigenvalue weighted by molar-refractivity contribution is 0.282. The van der Waals surface area contributed by atoms with Crippen LogP contribution in [0.1, 0.15) is 12.5 Å². The highest BCUT2D eigenvalue weighted by Crippen LogP contribution is 2.28. The maximum Gasteiger partial charge on any atom is 0.0682 e. The first-order valence-electron chi connectivity index (χ1n) is 5.16. The van der Waals surface area contributed by atoms with Crippen molar-refractivity contribution >= 4 is 11.6 Å². The summed E-state index contributed by atoms with van der Waals surface area (Å²) in [4.78, 5) is 0. The third-order valence-electron chi connectivity index (χ3n) is 2.48. The molecule has 0 saturated heterocycles. The molecule has 1 aromatic carbocycles. The summed E-state index contributed by atoms with van der Waals surface area (Å²) >= 11 is 6.15. The Labute approximate surface area is 99.3 Å². The zero-order valence-corrected chi connectivity index (χ0v) is 9.78. The van der Waals surface area contributed by atoms with Gasteiger partial charge >= 0.3 is 0 Å². The standard InChI is InChI=1S/C12H13ClN2O/c1-2-15-7-10(6-14-15)11-4-3-9(8-16)5-12(11)13/h3-7,16H,2,8H2,1H3. The number of rotatable bonds is 3. The van der Waals surface area contributed by atoms with Crippen molar-refractivity contribution in [3.05, 3.63) is 41.2 Å². The lowest BCUT2D eigenvalue weighted by Crippen LogP contribution is -1.92. The molecule has 0 unspecified atom stereocenters. The van der Waals surface area contributed by atoms with Gasteiger partial charge in [0.2, 0.25) is 0 Å². The molecule has 84 valence electrons. The monoisotopic (exact) mass is 236 g/mol. The Bertz CT molecular complexity index is 494. The lowest BCUT2D eigenvalue weighted by Gasteiger charge is -2.03. The van der Waals surface area contributed by atoms with Crippen LogP contribution in [0.3, 0.4) is 0 Å². The van der Waals surface area contributed by atoms with E-state index < -0.39 is 0 Å². The third kappa shape index (κ3) is 2.10. The van der Waals surface area contributed by atoms with Gasteiger partial charge in [0.15, 0.2) is 0 Å². The van der Waals surface area contributed by atoms with E-state index in [0.717, 1.165) is 23.2 Å². The molecule has 1 N–H and O–H groups in total. The number of aliphatic hydroxyl groups excluding tert-OH is 1. The van der Waals surface area contributed by atoms with Crippen LogP contribution >= 0.6 is 11.6 Å². The highest BCUT2D eigenvalue weighted by molar-refractivity contribution is 6.33. The second kappa shape index (κ2) is 4.68. The van der Waals surface area contributed by atoms with E-state index in [2.05, 4.69) is 5.10 Å². The van der Waals surface area contributed by atoms with Crippen molar-refractivity contribution in [1.82, 2.24) is 9.78 Å². The first kappa shape index (κ1) is 11.2. The Kier molecular flexibility index (Phi) is 3.27. The molecule has 2 aromatic rings. The maximum absolute atomic E-state index is 8.99. The number of aryl methyl sites for hydroxylation is 1. The number of aliphatic hydroxyl groups is 1. The lowest BCUT2D eigenvalue weighted by atomic mass is 10.1. The number of hydrogen-bond donors (Lipinski definition) is 1. The predicted molar refractivity (Wildman–Crippen MR) is 64.3 cm³/mol. The Hall–Kier alpha value is -1.32. The minimum absolute atomic E-state index is 0.00816. The zero-order valence-electron chi connectivity index (χ0n) is 9.02. The summed E-state index contributed by atoms with van der Waals surface area (Å²) in [6.45, 7) is 2.88. The van der Waals surface area contributed by atoms with E-state index in [9.17, 15) is 0 Å². The smallest absolute Gasteiger partial charge is 0.0682 e. The summed E-state index contributed by atoms with van der Waals surface area (Å²) in [6, 6.07) is 5.55. The average Bonchev–Trinajstić information content (AvgIpc) is 2.77. The van der Waals surface area contributed by atoms with Crippen molar-refractivity contribution in [2.75, 3.05) is 0 Å². The van der Waals surface area contributed by atoms with E-state index in [1.807, 2.05) is 29.9 Å². The highest BCUT2D eigenvalue weighted by atomic mass is 35.5. The second-order valence-corrected chi connectivity index (χ2v) is 3.96. The number of hydrogen-bond acceptors (Lipinski definition) is 2. The molecule has 0 bridgehead atoms. The van der Waals surface area contributed by atoms with Gasteiger partial charge in [0.1, 0.15) is 0 Å². The molecule has 0 amide bonds. The van der Waals surface area contributed by atoms with Crippen LogP contribution in [0.15, 0.2) is 30.6 Å². The maximum atomic E-state index is 8.99. The summed E-state index contributed by atoms with van der Waals surface area (Å²) in [6.07, 6.45) is 3.75. The Morgan fingerprint density at radius 1 is 1.44 bits per heavy atom. The van der Waals surface area contributed by atoms with Crippen LogP contribution in [0.25, 0.3) is 11.1 Å². The van der Waals surface area contributed by atoms with Crippen molar-refractivity contribution in [2.45, 2.75) is 20.1 Å². The molecule has 0 radical (unpaired) electrons. The van der Waals surface area contributed by atoms with Gasteiger partial charge in [-0.3, -0.25) is 4.68 Å². The van der Waals surface area contributed by atoms with Gasteiger partial charge in [-0.15, -0.1) is 0 Å². The first-order valence-corrected chi connectivity index (χ1v) is 5.54. The molecular weight excluding hydrogens is 224 g/mol. The predicted octanol–water partition coefficient (Wildman–Crippen LogP) is 2.72. The minimum Gasteiger partial charge on any atom is -0.392 e. The van der Waals surface area contributed by atoms with Crippen molar-refractivity contribution < 1.29 is 5.11 Å². The molecule has 0 aliphatic carbocycles. The molecule has 4 heteroatoms. The fraction of sp³-hybridized carbons (Fsp3) is 0.250.